The van der Waals surface area contributed by atoms with Crippen LogP contribution in [0.2, 0.25) is 0 Å². The molecule has 0 saturated carbocycles. The minimum atomic E-state index is -0.0347. The van der Waals surface area contributed by atoms with E-state index in [1.54, 1.807) is 0 Å². The van der Waals surface area contributed by atoms with Crippen LogP contribution in [0.3, 0.4) is 0 Å². The van der Waals surface area contributed by atoms with Gasteiger partial charge in [-0.25, -0.2) is 0 Å². The molecule has 6 heteroatoms. The van der Waals surface area contributed by atoms with Crippen LogP contribution in [-0.4, -0.2) is 23.5 Å². The van der Waals surface area contributed by atoms with Crippen molar-refractivity contribution in [3.63, 3.8) is 0 Å². The molecule has 0 radical (unpaired) electrons. The molecule has 2 heterocycles. The van der Waals surface area contributed by atoms with E-state index in [9.17, 15) is 4.79 Å². The smallest absolute Gasteiger partial charge is 0.263 e. The van der Waals surface area contributed by atoms with Crippen LogP contribution in [0.25, 0.3) is 10.1 Å². The van der Waals surface area contributed by atoms with Gasteiger partial charge in [0.15, 0.2) is 0 Å². The molecule has 1 saturated heterocycles. The van der Waals surface area contributed by atoms with Crippen LogP contribution in [0.4, 0.5) is 5.69 Å². The second kappa shape index (κ2) is 5.95. The van der Waals surface area contributed by atoms with Gasteiger partial charge in [0.1, 0.15) is 4.88 Å². The Kier molecular flexibility index (Phi) is 4.23. The quantitative estimate of drug-likeness (QED) is 0.843. The summed E-state index contributed by atoms with van der Waals surface area (Å²) < 4.78 is 1.98. The maximum absolute atomic E-state index is 12.4. The fourth-order valence-corrected chi connectivity index (χ4v) is 5.26. The lowest BCUT2D eigenvalue weighted by molar-refractivity contribution is 0.0940. The number of thiophene rings is 1. The predicted molar refractivity (Wildman–Crippen MR) is 91.8 cm³/mol. The van der Waals surface area contributed by atoms with E-state index in [0.717, 1.165) is 38.9 Å². The van der Waals surface area contributed by atoms with Crippen LogP contribution in [0.5, 0.6) is 0 Å². The third-order valence-corrected chi connectivity index (χ3v) is 6.34. The van der Waals surface area contributed by atoms with Crippen LogP contribution in [0, 0.1) is 0 Å². The van der Waals surface area contributed by atoms with E-state index >= 15 is 0 Å². The molecule has 1 aromatic heterocycles. The van der Waals surface area contributed by atoms with Crippen molar-refractivity contribution in [2.45, 2.75) is 18.9 Å². The molecule has 0 bridgehead atoms. The molecule has 1 amide bonds. The number of carbonyl (C=O) groups is 1. The van der Waals surface area contributed by atoms with Gasteiger partial charge in [-0.15, -0.1) is 11.3 Å². The minimum absolute atomic E-state index is 0.0347. The fourth-order valence-electron chi connectivity index (χ4n) is 2.39. The molecule has 20 heavy (non-hydrogen) atoms. The molecule has 1 aromatic carbocycles. The molecule has 0 aliphatic carbocycles. The first kappa shape index (κ1) is 14.2. The summed E-state index contributed by atoms with van der Waals surface area (Å²) in [6.45, 7) is 0. The van der Waals surface area contributed by atoms with Crippen LogP contribution < -0.4 is 11.1 Å². The Hall–Kier alpha value is -0.720. The molecule has 1 aliphatic rings. The van der Waals surface area contributed by atoms with Gasteiger partial charge in [0.05, 0.1) is 5.69 Å². The highest BCUT2D eigenvalue weighted by Gasteiger charge is 2.21. The Bertz CT molecular complexity index is 650. The largest absolute Gasteiger partial charge is 0.397 e. The lowest BCUT2D eigenvalue weighted by Crippen LogP contribution is -2.37. The zero-order valence-corrected chi connectivity index (χ0v) is 14.0. The molecular formula is C14H15BrN2OS2. The van der Waals surface area contributed by atoms with Crippen molar-refractivity contribution < 1.29 is 4.79 Å². The molecule has 106 valence electrons. The second-order valence-corrected chi connectivity index (χ2v) is 7.95. The van der Waals surface area contributed by atoms with Gasteiger partial charge < -0.3 is 11.1 Å². The molecule has 0 spiro atoms. The van der Waals surface area contributed by atoms with Gasteiger partial charge in [0.2, 0.25) is 0 Å². The Morgan fingerprint density at radius 2 is 2.10 bits per heavy atom. The second-order valence-electron chi connectivity index (χ2n) is 4.82. The number of nitrogen functional groups attached to an aromatic ring is 1. The number of hydrogen-bond acceptors (Lipinski definition) is 4. The molecule has 2 aromatic rings. The summed E-state index contributed by atoms with van der Waals surface area (Å²) in [4.78, 5) is 13.0. The molecule has 3 N–H and O–H groups in total. The SMILES string of the molecule is Nc1c(C(=O)NC2CCSCC2)sc2cccc(Br)c12. The van der Waals surface area contributed by atoms with Crippen molar-refractivity contribution in [3.05, 3.63) is 27.5 Å². The maximum atomic E-state index is 12.4. The number of nitrogens with two attached hydrogens (primary N) is 1. The van der Waals surface area contributed by atoms with E-state index < -0.39 is 0 Å². The van der Waals surface area contributed by atoms with Crippen LogP contribution >= 0.6 is 39.0 Å². The highest BCUT2D eigenvalue weighted by atomic mass is 79.9. The van der Waals surface area contributed by atoms with Gasteiger partial charge in [0.25, 0.3) is 5.91 Å². The Morgan fingerprint density at radius 1 is 1.35 bits per heavy atom. The van der Waals surface area contributed by atoms with Crippen molar-refractivity contribution in [3.8, 4) is 0 Å². The lowest BCUT2D eigenvalue weighted by Gasteiger charge is -2.22. The fraction of sp³-hybridized carbons (Fsp3) is 0.357. The summed E-state index contributed by atoms with van der Waals surface area (Å²) in [7, 11) is 0. The summed E-state index contributed by atoms with van der Waals surface area (Å²) in [6.07, 6.45) is 2.09. The third kappa shape index (κ3) is 2.69. The van der Waals surface area contributed by atoms with Crippen molar-refractivity contribution in [1.82, 2.24) is 5.32 Å². The zero-order valence-electron chi connectivity index (χ0n) is 10.8. The Balaban J connectivity index is 1.87. The van der Waals surface area contributed by atoms with Gasteiger partial charge in [0, 0.05) is 20.6 Å². The number of fused-ring (bicyclic) bond motifs is 1. The van der Waals surface area contributed by atoms with Gasteiger partial charge in [-0.05, 0) is 36.5 Å². The number of thioether (sulfide) groups is 1. The Labute approximate surface area is 134 Å². The summed E-state index contributed by atoms with van der Waals surface area (Å²) in [5.41, 5.74) is 6.74. The number of rotatable bonds is 2. The zero-order chi connectivity index (χ0) is 14.1. The standard InChI is InChI=1S/C14H15BrN2OS2/c15-9-2-1-3-10-11(9)12(16)13(20-10)14(18)17-8-4-6-19-7-5-8/h1-3,8H,4-7,16H2,(H,17,18). The number of nitrogens with one attached hydrogen (secondary N) is 1. The summed E-state index contributed by atoms with van der Waals surface area (Å²) in [6, 6.07) is 6.19. The predicted octanol–water partition coefficient (Wildman–Crippen LogP) is 3.87. The van der Waals surface area contributed by atoms with Crippen LogP contribution in [0.15, 0.2) is 22.7 Å². The number of anilines is 1. The van der Waals surface area contributed by atoms with E-state index in [0.29, 0.717) is 10.6 Å². The maximum Gasteiger partial charge on any atom is 0.263 e. The average Bonchev–Trinajstić information content (AvgIpc) is 2.79. The van der Waals surface area contributed by atoms with Gasteiger partial charge in [-0.2, -0.15) is 11.8 Å². The van der Waals surface area contributed by atoms with E-state index in [-0.39, 0.29) is 11.9 Å². The molecule has 1 aliphatic heterocycles. The monoisotopic (exact) mass is 370 g/mol. The van der Waals surface area contributed by atoms with Gasteiger partial charge >= 0.3 is 0 Å². The number of hydrogen-bond donors (Lipinski definition) is 2. The normalized spacial score (nSPS) is 16.4. The molecule has 0 unspecified atom stereocenters. The first-order chi connectivity index (χ1) is 9.66. The van der Waals surface area contributed by atoms with Crippen LogP contribution in [-0.2, 0) is 0 Å². The summed E-state index contributed by atoms with van der Waals surface area (Å²) >= 11 is 6.91. The van der Waals surface area contributed by atoms with Crippen molar-refractivity contribution in [2.75, 3.05) is 17.2 Å². The van der Waals surface area contributed by atoms with E-state index in [1.807, 2.05) is 30.0 Å². The number of carbonyl (C=O) groups excluding carboxylic acids is 1. The van der Waals surface area contributed by atoms with Crippen molar-refractivity contribution in [2.24, 2.45) is 0 Å². The van der Waals surface area contributed by atoms with Crippen molar-refractivity contribution >= 4 is 60.7 Å². The van der Waals surface area contributed by atoms with E-state index in [2.05, 4.69) is 21.2 Å². The topological polar surface area (TPSA) is 55.1 Å². The van der Waals surface area contributed by atoms with Gasteiger partial charge in [-0.3, -0.25) is 4.79 Å². The van der Waals surface area contributed by atoms with Crippen LogP contribution in [0.1, 0.15) is 22.5 Å². The van der Waals surface area contributed by atoms with Crippen molar-refractivity contribution in [1.29, 1.82) is 0 Å². The number of benzene rings is 1. The molecule has 0 atom stereocenters. The highest BCUT2D eigenvalue weighted by Crippen LogP contribution is 2.38. The minimum Gasteiger partial charge on any atom is -0.397 e. The number of amides is 1. The summed E-state index contributed by atoms with van der Waals surface area (Å²) in [5.74, 6) is 2.21. The molecule has 3 rings (SSSR count). The first-order valence-electron chi connectivity index (χ1n) is 6.52. The number of halogens is 1. The molecular weight excluding hydrogens is 356 g/mol. The average molecular weight is 371 g/mol. The van der Waals surface area contributed by atoms with E-state index in [4.69, 9.17) is 5.73 Å². The van der Waals surface area contributed by atoms with E-state index in [1.165, 1.54) is 11.3 Å². The first-order valence-corrected chi connectivity index (χ1v) is 9.28. The molecule has 3 nitrogen and oxygen atoms in total. The van der Waals surface area contributed by atoms with Gasteiger partial charge in [-0.1, -0.05) is 22.0 Å². The summed E-state index contributed by atoms with van der Waals surface area (Å²) in [5, 5.41) is 4.07. The third-order valence-electron chi connectivity index (χ3n) is 3.46. The lowest BCUT2D eigenvalue weighted by atomic mass is 10.1. The highest BCUT2D eigenvalue weighted by molar-refractivity contribution is 9.10. The molecule has 1 fully saturated rings. The Morgan fingerprint density at radius 3 is 2.80 bits per heavy atom.